The Morgan fingerprint density at radius 2 is 1.74 bits per heavy atom. The molecule has 0 unspecified atom stereocenters. The molecule has 2 aliphatic rings. The summed E-state index contributed by atoms with van der Waals surface area (Å²) in [6.07, 6.45) is 12.2. The van der Waals surface area contributed by atoms with Gasteiger partial charge in [0.15, 0.2) is 5.82 Å². The molecule has 188 valence electrons. The third kappa shape index (κ3) is 5.20. The minimum absolute atomic E-state index is 0.0107. The first kappa shape index (κ1) is 24.2. The number of benzene rings is 1. The van der Waals surface area contributed by atoms with Crippen LogP contribution in [-0.2, 0) is 6.54 Å². The smallest absolute Gasteiger partial charge is 0.252 e. The van der Waals surface area contributed by atoms with E-state index in [-0.39, 0.29) is 11.6 Å². The van der Waals surface area contributed by atoms with Gasteiger partial charge in [-0.15, -0.1) is 5.10 Å². The number of H-pyrrole nitrogens is 1. The molecule has 0 spiro atoms. The van der Waals surface area contributed by atoms with Gasteiger partial charge in [0.2, 0.25) is 0 Å². The van der Waals surface area contributed by atoms with Crippen molar-refractivity contribution in [3.8, 4) is 0 Å². The van der Waals surface area contributed by atoms with Gasteiger partial charge >= 0.3 is 0 Å². The molecule has 0 aliphatic heterocycles. The molecule has 2 fully saturated rings. The summed E-state index contributed by atoms with van der Waals surface area (Å²) in [7, 11) is 0. The van der Waals surface area contributed by atoms with Crippen molar-refractivity contribution in [2.24, 2.45) is 5.92 Å². The summed E-state index contributed by atoms with van der Waals surface area (Å²) in [6.45, 7) is 7.26. The number of aryl methyl sites for hydroxylation is 1. The monoisotopic (exact) mass is 476 g/mol. The third-order valence-corrected chi connectivity index (χ3v) is 8.17. The highest BCUT2D eigenvalue weighted by atomic mass is 16.1. The molecule has 0 bridgehead atoms. The Kier molecular flexibility index (Phi) is 7.32. The van der Waals surface area contributed by atoms with E-state index in [4.69, 9.17) is 0 Å². The van der Waals surface area contributed by atoms with Crippen molar-refractivity contribution in [1.82, 2.24) is 30.1 Å². The minimum atomic E-state index is 0.0107. The van der Waals surface area contributed by atoms with Gasteiger partial charge in [-0.05, 0) is 72.5 Å². The van der Waals surface area contributed by atoms with Crippen molar-refractivity contribution in [1.29, 1.82) is 0 Å². The Bertz CT molecular complexity index is 1190. The van der Waals surface area contributed by atoms with Crippen LogP contribution in [0.2, 0.25) is 0 Å². The zero-order chi connectivity index (χ0) is 24.4. The molecular formula is C28H40N6O. The summed E-state index contributed by atoms with van der Waals surface area (Å²) < 4.78 is 2.13. The predicted octanol–water partition coefficient (Wildman–Crippen LogP) is 5.86. The van der Waals surface area contributed by atoms with Gasteiger partial charge in [0.05, 0.1) is 12.1 Å². The fraction of sp³-hybridized carbons (Fsp3) is 0.643. The zero-order valence-electron chi connectivity index (χ0n) is 21.5. The second kappa shape index (κ2) is 10.6. The standard InChI is InChI=1S/C28H40N6O/c1-19(2)26(27-30-31-32-34(27)24-12-8-5-9-13-24)33(23-10-6-4-7-11-23)18-22-17-21-16-20(3)14-15-25(21)29-28(22)35/h14-17,19,23-24,26H,4-13,18H2,1-3H3,(H,29,35)/t26-/m0/s1. The molecule has 3 aromatic rings. The molecule has 1 atom stereocenters. The molecule has 0 radical (unpaired) electrons. The maximum absolute atomic E-state index is 13.2. The number of rotatable bonds is 7. The predicted molar refractivity (Wildman–Crippen MR) is 139 cm³/mol. The number of nitrogens with zero attached hydrogens (tertiary/aromatic N) is 5. The topological polar surface area (TPSA) is 79.7 Å². The van der Waals surface area contributed by atoms with Crippen LogP contribution in [0.3, 0.4) is 0 Å². The highest BCUT2D eigenvalue weighted by molar-refractivity contribution is 5.79. The summed E-state index contributed by atoms with van der Waals surface area (Å²) in [5.41, 5.74) is 2.94. The molecule has 0 amide bonds. The lowest BCUT2D eigenvalue weighted by molar-refractivity contribution is 0.0590. The van der Waals surface area contributed by atoms with E-state index in [1.165, 1.54) is 56.9 Å². The lowest BCUT2D eigenvalue weighted by Gasteiger charge is -2.41. The first-order valence-corrected chi connectivity index (χ1v) is 13.7. The lowest BCUT2D eigenvalue weighted by Crippen LogP contribution is -2.43. The summed E-state index contributed by atoms with van der Waals surface area (Å²) in [4.78, 5) is 18.9. The number of fused-ring (bicyclic) bond motifs is 1. The molecular weight excluding hydrogens is 436 g/mol. The molecule has 7 nitrogen and oxygen atoms in total. The summed E-state index contributed by atoms with van der Waals surface area (Å²) in [6, 6.07) is 9.19. The van der Waals surface area contributed by atoms with Crippen LogP contribution in [-0.4, -0.2) is 36.1 Å². The fourth-order valence-corrected chi connectivity index (χ4v) is 6.36. The minimum Gasteiger partial charge on any atom is -0.322 e. The Hall–Kier alpha value is -2.54. The van der Waals surface area contributed by atoms with Crippen LogP contribution in [0.4, 0.5) is 0 Å². The van der Waals surface area contributed by atoms with Gasteiger partial charge in [0.25, 0.3) is 5.56 Å². The van der Waals surface area contributed by atoms with E-state index in [0.29, 0.717) is 24.5 Å². The molecule has 1 N–H and O–H groups in total. The lowest BCUT2D eigenvalue weighted by atomic mass is 9.89. The van der Waals surface area contributed by atoms with Crippen molar-refractivity contribution in [2.75, 3.05) is 0 Å². The van der Waals surface area contributed by atoms with Crippen LogP contribution in [0.15, 0.2) is 29.1 Å². The average molecular weight is 477 g/mol. The van der Waals surface area contributed by atoms with Crippen LogP contribution in [0.25, 0.3) is 10.9 Å². The van der Waals surface area contributed by atoms with Gasteiger partial charge in [0.1, 0.15) is 0 Å². The van der Waals surface area contributed by atoms with Crippen molar-refractivity contribution in [2.45, 2.75) is 110 Å². The normalized spacial score (nSPS) is 19.1. The number of pyridine rings is 1. The Morgan fingerprint density at radius 1 is 1.03 bits per heavy atom. The SMILES string of the molecule is Cc1ccc2[nH]c(=O)c(CN(C3CCCCC3)[C@H](c3nnnn3C3CCCCC3)C(C)C)cc2c1. The number of hydrogen-bond acceptors (Lipinski definition) is 5. The second-order valence-electron chi connectivity index (χ2n) is 11.1. The van der Waals surface area contributed by atoms with E-state index in [1.54, 1.807) is 0 Å². The third-order valence-electron chi connectivity index (χ3n) is 8.17. The molecule has 2 saturated carbocycles. The largest absolute Gasteiger partial charge is 0.322 e. The van der Waals surface area contributed by atoms with Gasteiger partial charge in [0, 0.05) is 23.7 Å². The summed E-state index contributed by atoms with van der Waals surface area (Å²) >= 11 is 0. The number of hydrogen-bond donors (Lipinski definition) is 1. The van der Waals surface area contributed by atoms with Crippen LogP contribution >= 0.6 is 0 Å². The van der Waals surface area contributed by atoms with Crippen molar-refractivity contribution < 1.29 is 0 Å². The Balaban J connectivity index is 1.54. The highest BCUT2D eigenvalue weighted by Gasteiger charge is 2.36. The molecule has 2 heterocycles. The highest BCUT2D eigenvalue weighted by Crippen LogP contribution is 2.37. The molecule has 5 rings (SSSR count). The van der Waals surface area contributed by atoms with Crippen LogP contribution < -0.4 is 5.56 Å². The Labute approximate surface area is 208 Å². The van der Waals surface area contributed by atoms with Gasteiger partial charge in [-0.1, -0.05) is 64.0 Å². The quantitative estimate of drug-likeness (QED) is 0.462. The summed E-state index contributed by atoms with van der Waals surface area (Å²) in [5.74, 6) is 1.30. The Morgan fingerprint density at radius 3 is 2.46 bits per heavy atom. The molecule has 2 aliphatic carbocycles. The molecule has 1 aromatic carbocycles. The first-order valence-electron chi connectivity index (χ1n) is 13.7. The van der Waals surface area contributed by atoms with Crippen molar-refractivity contribution >= 4 is 10.9 Å². The van der Waals surface area contributed by atoms with Gasteiger partial charge in [-0.25, -0.2) is 4.68 Å². The van der Waals surface area contributed by atoms with E-state index in [2.05, 4.69) is 63.0 Å². The maximum Gasteiger partial charge on any atom is 0.252 e. The molecule has 0 saturated heterocycles. The van der Waals surface area contributed by atoms with Crippen LogP contribution in [0.5, 0.6) is 0 Å². The van der Waals surface area contributed by atoms with Gasteiger partial charge < -0.3 is 4.98 Å². The summed E-state index contributed by atoms with van der Waals surface area (Å²) in [5, 5.41) is 14.4. The van der Waals surface area contributed by atoms with Crippen LogP contribution in [0, 0.1) is 12.8 Å². The van der Waals surface area contributed by atoms with Gasteiger partial charge in [-0.3, -0.25) is 9.69 Å². The van der Waals surface area contributed by atoms with Gasteiger partial charge in [-0.2, -0.15) is 0 Å². The van der Waals surface area contributed by atoms with Crippen molar-refractivity contribution in [3.05, 3.63) is 51.6 Å². The van der Waals surface area contributed by atoms with E-state index < -0.39 is 0 Å². The molecule has 7 heteroatoms. The number of tetrazole rings is 1. The number of aromatic amines is 1. The first-order chi connectivity index (χ1) is 17.0. The van der Waals surface area contributed by atoms with E-state index >= 15 is 0 Å². The van der Waals surface area contributed by atoms with E-state index in [0.717, 1.165) is 35.1 Å². The van der Waals surface area contributed by atoms with E-state index in [9.17, 15) is 4.79 Å². The van der Waals surface area contributed by atoms with Crippen LogP contribution in [0.1, 0.15) is 107 Å². The van der Waals surface area contributed by atoms with Crippen molar-refractivity contribution in [3.63, 3.8) is 0 Å². The van der Waals surface area contributed by atoms with E-state index in [1.807, 2.05) is 12.1 Å². The maximum atomic E-state index is 13.2. The fourth-order valence-electron chi connectivity index (χ4n) is 6.36. The zero-order valence-corrected chi connectivity index (χ0v) is 21.5. The number of aromatic nitrogens is 5. The number of nitrogens with one attached hydrogen (secondary N) is 1. The molecule has 2 aromatic heterocycles. The second-order valence-corrected chi connectivity index (χ2v) is 11.1. The average Bonchev–Trinajstić information content (AvgIpc) is 3.34. The molecule has 35 heavy (non-hydrogen) atoms.